The normalized spacial score (nSPS) is 15.1. The zero-order valence-electron chi connectivity index (χ0n) is 18.7. The average Bonchev–Trinajstić information content (AvgIpc) is 3.43. The number of benzene rings is 1. The Kier molecular flexibility index (Phi) is 5.14. The summed E-state index contributed by atoms with van der Waals surface area (Å²) in [5.41, 5.74) is 3.19. The maximum absolute atomic E-state index is 12.8. The van der Waals surface area contributed by atoms with E-state index in [-0.39, 0.29) is 11.8 Å². The van der Waals surface area contributed by atoms with E-state index in [1.54, 1.807) is 17.1 Å². The third kappa shape index (κ3) is 4.08. The van der Waals surface area contributed by atoms with E-state index in [4.69, 9.17) is 11.6 Å². The van der Waals surface area contributed by atoms with E-state index in [1.807, 2.05) is 60.0 Å². The first-order chi connectivity index (χ1) is 17.0. The lowest BCUT2D eigenvalue weighted by Gasteiger charge is -2.12. The maximum Gasteiger partial charge on any atom is 0.228 e. The van der Waals surface area contributed by atoms with Crippen LogP contribution in [0.2, 0.25) is 5.02 Å². The summed E-state index contributed by atoms with van der Waals surface area (Å²) in [5, 5.41) is 19.9. The van der Waals surface area contributed by atoms with Gasteiger partial charge in [0, 0.05) is 42.2 Å². The van der Waals surface area contributed by atoms with Crippen molar-refractivity contribution in [3.8, 4) is 11.3 Å². The Morgan fingerprint density at radius 2 is 1.97 bits per heavy atom. The molecule has 5 heterocycles. The quantitative estimate of drug-likeness (QED) is 0.387. The topological polar surface area (TPSA) is 115 Å². The van der Waals surface area contributed by atoms with Crippen molar-refractivity contribution in [1.82, 2.24) is 34.3 Å². The highest BCUT2D eigenvalue weighted by Crippen LogP contribution is 2.32. The molecule has 1 aliphatic rings. The predicted molar refractivity (Wildman–Crippen MR) is 132 cm³/mol. The molecule has 0 saturated carbocycles. The molecule has 11 heteroatoms. The second-order valence-electron chi connectivity index (χ2n) is 8.39. The number of carbonyl (C=O) groups excluding carboxylic acids is 1. The molecular formula is C24H20ClN9O. The first kappa shape index (κ1) is 21.2. The van der Waals surface area contributed by atoms with E-state index in [0.29, 0.717) is 41.0 Å². The fourth-order valence-electron chi connectivity index (χ4n) is 4.31. The summed E-state index contributed by atoms with van der Waals surface area (Å²) < 4.78 is 3.61. The van der Waals surface area contributed by atoms with Gasteiger partial charge in [0.1, 0.15) is 17.5 Å². The van der Waals surface area contributed by atoms with E-state index < -0.39 is 0 Å². The average molecular weight is 486 g/mol. The zero-order chi connectivity index (χ0) is 23.9. The Hall–Kier alpha value is -4.31. The number of pyridine rings is 1. The highest BCUT2D eigenvalue weighted by molar-refractivity contribution is 6.30. The minimum Gasteiger partial charge on any atom is -0.312 e. The molecule has 10 nitrogen and oxygen atoms in total. The molecule has 0 aliphatic carbocycles. The van der Waals surface area contributed by atoms with Crippen LogP contribution in [0.15, 0.2) is 60.9 Å². The third-order valence-electron chi connectivity index (χ3n) is 6.00. The van der Waals surface area contributed by atoms with Crippen LogP contribution < -0.4 is 10.6 Å². The van der Waals surface area contributed by atoms with Gasteiger partial charge in [-0.1, -0.05) is 23.7 Å². The van der Waals surface area contributed by atoms with Crippen molar-refractivity contribution < 1.29 is 4.79 Å². The van der Waals surface area contributed by atoms with Crippen LogP contribution in [0.5, 0.6) is 0 Å². The predicted octanol–water partition coefficient (Wildman–Crippen LogP) is 3.99. The number of hydrogen-bond acceptors (Lipinski definition) is 7. The van der Waals surface area contributed by atoms with Crippen LogP contribution in [0.1, 0.15) is 23.7 Å². The molecule has 0 fully saturated rings. The molecule has 2 N–H and O–H groups in total. The van der Waals surface area contributed by atoms with Crippen molar-refractivity contribution in [2.45, 2.75) is 18.8 Å². The van der Waals surface area contributed by atoms with E-state index in [2.05, 4.69) is 35.9 Å². The second kappa shape index (κ2) is 8.48. The van der Waals surface area contributed by atoms with Crippen LogP contribution in [0.3, 0.4) is 0 Å². The number of aryl methyl sites for hydroxylation is 1. The highest BCUT2D eigenvalue weighted by atomic mass is 35.5. The number of rotatable bonds is 5. The zero-order valence-corrected chi connectivity index (χ0v) is 19.4. The van der Waals surface area contributed by atoms with Gasteiger partial charge in [-0.25, -0.2) is 9.97 Å². The van der Waals surface area contributed by atoms with Gasteiger partial charge in [0.05, 0.1) is 11.9 Å². The minimum absolute atomic E-state index is 0.0748. The summed E-state index contributed by atoms with van der Waals surface area (Å²) in [6.45, 7) is 0. The Bertz CT molecular complexity index is 1560. The molecule has 1 aromatic carbocycles. The second-order valence-corrected chi connectivity index (χ2v) is 8.83. The van der Waals surface area contributed by atoms with Gasteiger partial charge < -0.3 is 10.6 Å². The van der Waals surface area contributed by atoms with E-state index in [0.717, 1.165) is 22.8 Å². The van der Waals surface area contributed by atoms with Crippen LogP contribution in [-0.4, -0.2) is 40.3 Å². The SMILES string of the molecule is Cn1nccc1Nc1nccc(-c2cc3n4c(nnc4c2)C(Cc2ccc(Cl)cc2)CC(=O)N3)n1. The van der Waals surface area contributed by atoms with E-state index in [9.17, 15) is 4.79 Å². The first-order valence-electron chi connectivity index (χ1n) is 11.1. The summed E-state index contributed by atoms with van der Waals surface area (Å²) in [4.78, 5) is 21.8. The number of nitrogens with one attached hydrogen (secondary N) is 2. The molecule has 1 aliphatic heterocycles. The molecular weight excluding hydrogens is 466 g/mol. The van der Waals surface area contributed by atoms with Crippen molar-refractivity contribution in [2.75, 3.05) is 10.6 Å². The fourth-order valence-corrected chi connectivity index (χ4v) is 4.44. The number of aromatic nitrogens is 7. The van der Waals surface area contributed by atoms with Crippen LogP contribution in [0.4, 0.5) is 17.6 Å². The molecule has 0 bridgehead atoms. The van der Waals surface area contributed by atoms with Gasteiger partial charge in [0.2, 0.25) is 11.9 Å². The Labute approximate surface area is 205 Å². The summed E-state index contributed by atoms with van der Waals surface area (Å²) in [5.74, 6) is 2.37. The molecule has 0 spiro atoms. The number of halogens is 1. The van der Waals surface area contributed by atoms with Gasteiger partial charge in [0.15, 0.2) is 5.65 Å². The smallest absolute Gasteiger partial charge is 0.228 e. The van der Waals surface area contributed by atoms with Crippen LogP contribution >= 0.6 is 11.6 Å². The molecule has 0 radical (unpaired) electrons. The fraction of sp³-hybridized carbons (Fsp3) is 0.167. The Balaban J connectivity index is 1.37. The van der Waals surface area contributed by atoms with Crippen molar-refractivity contribution in [1.29, 1.82) is 0 Å². The number of amides is 1. The lowest BCUT2D eigenvalue weighted by Crippen LogP contribution is -2.14. The summed E-state index contributed by atoms with van der Waals surface area (Å²) >= 11 is 6.03. The summed E-state index contributed by atoms with van der Waals surface area (Å²) in [6, 6.07) is 15.1. The largest absolute Gasteiger partial charge is 0.312 e. The van der Waals surface area contributed by atoms with Crippen LogP contribution in [-0.2, 0) is 18.3 Å². The number of nitrogens with zero attached hydrogens (tertiary/aromatic N) is 7. The van der Waals surface area contributed by atoms with Gasteiger partial charge in [-0.15, -0.1) is 10.2 Å². The standard InChI is InChI=1S/C24H20ClN9O/c1-33-19(7-9-27-33)30-24-26-8-6-18(28-24)15-11-20-29-22(35)13-16(10-14-2-4-17(25)5-3-14)23-32-31-21(12-15)34(20)23/h2-9,11-12,16H,10,13H2,1H3,(H,29,35)(H,26,28,30). The van der Waals surface area contributed by atoms with Gasteiger partial charge in [0.25, 0.3) is 0 Å². The van der Waals surface area contributed by atoms with Crippen LogP contribution in [0.25, 0.3) is 16.9 Å². The van der Waals surface area contributed by atoms with Gasteiger partial charge >= 0.3 is 0 Å². The molecule has 1 atom stereocenters. The molecule has 1 amide bonds. The van der Waals surface area contributed by atoms with Crippen molar-refractivity contribution in [2.24, 2.45) is 7.05 Å². The molecule has 35 heavy (non-hydrogen) atoms. The number of anilines is 3. The van der Waals surface area contributed by atoms with Gasteiger partial charge in [-0.2, -0.15) is 5.10 Å². The number of hydrogen-bond donors (Lipinski definition) is 2. The minimum atomic E-state index is -0.118. The first-order valence-corrected chi connectivity index (χ1v) is 11.4. The molecule has 6 rings (SSSR count). The monoisotopic (exact) mass is 485 g/mol. The number of carbonyl (C=O) groups is 1. The summed E-state index contributed by atoms with van der Waals surface area (Å²) in [7, 11) is 1.83. The third-order valence-corrected chi connectivity index (χ3v) is 6.25. The lowest BCUT2D eigenvalue weighted by atomic mass is 9.95. The van der Waals surface area contributed by atoms with Crippen molar-refractivity contribution in [3.05, 3.63) is 77.3 Å². The molecule has 5 aromatic rings. The van der Waals surface area contributed by atoms with Gasteiger partial charge in [-0.3, -0.25) is 13.9 Å². The van der Waals surface area contributed by atoms with E-state index >= 15 is 0 Å². The van der Waals surface area contributed by atoms with Crippen molar-refractivity contribution >= 4 is 40.7 Å². The molecule has 174 valence electrons. The molecule has 0 saturated heterocycles. The van der Waals surface area contributed by atoms with Crippen LogP contribution in [0, 0.1) is 0 Å². The maximum atomic E-state index is 12.8. The van der Waals surface area contributed by atoms with Gasteiger partial charge in [-0.05, 0) is 42.3 Å². The molecule has 4 aromatic heterocycles. The Morgan fingerprint density at radius 1 is 1.11 bits per heavy atom. The summed E-state index contributed by atoms with van der Waals surface area (Å²) in [6.07, 6.45) is 4.33. The van der Waals surface area contributed by atoms with E-state index in [1.165, 1.54) is 0 Å². The highest BCUT2D eigenvalue weighted by Gasteiger charge is 2.28. The molecule has 1 unspecified atom stereocenters. The van der Waals surface area contributed by atoms with Crippen molar-refractivity contribution in [3.63, 3.8) is 0 Å². The Morgan fingerprint density at radius 3 is 2.77 bits per heavy atom. The lowest BCUT2D eigenvalue weighted by molar-refractivity contribution is -0.116.